The Balaban J connectivity index is 1.34. The second-order valence-corrected chi connectivity index (χ2v) is 6.94. The molecule has 1 aliphatic heterocycles. The van der Waals surface area contributed by atoms with Gasteiger partial charge >= 0.3 is 0 Å². The van der Waals surface area contributed by atoms with Crippen LogP contribution in [0.5, 0.6) is 0 Å². The first kappa shape index (κ1) is 15.9. The zero-order valence-electron chi connectivity index (χ0n) is 14.5. The minimum absolute atomic E-state index is 0.0823. The average molecular weight is 363 g/mol. The predicted molar refractivity (Wildman–Crippen MR) is 95.0 cm³/mol. The Kier molecular flexibility index (Phi) is 3.63. The third kappa shape index (κ3) is 2.92. The van der Waals surface area contributed by atoms with Crippen molar-refractivity contribution in [3.8, 4) is 11.4 Å². The van der Waals surface area contributed by atoms with Crippen molar-refractivity contribution in [3.63, 3.8) is 0 Å². The van der Waals surface area contributed by atoms with Gasteiger partial charge in [0, 0.05) is 29.2 Å². The van der Waals surface area contributed by atoms with E-state index in [2.05, 4.69) is 20.1 Å². The molecule has 3 aromatic rings. The minimum atomic E-state index is -0.123. The summed E-state index contributed by atoms with van der Waals surface area (Å²) >= 11 is 0. The average Bonchev–Trinajstić information content (AvgIpc) is 3.44. The highest BCUT2D eigenvalue weighted by atomic mass is 16.5. The van der Waals surface area contributed by atoms with Gasteiger partial charge in [0.25, 0.3) is 11.5 Å². The molecule has 1 N–H and O–H groups in total. The number of hydrogen-bond donors (Lipinski definition) is 1. The van der Waals surface area contributed by atoms with E-state index < -0.39 is 0 Å². The normalized spacial score (nSPS) is 16.2. The lowest BCUT2D eigenvalue weighted by Gasteiger charge is -2.27. The van der Waals surface area contributed by atoms with E-state index in [9.17, 15) is 9.59 Å². The molecule has 1 fully saturated rings. The van der Waals surface area contributed by atoms with E-state index in [0.29, 0.717) is 54.0 Å². The quantitative estimate of drug-likeness (QED) is 0.762. The van der Waals surface area contributed by atoms with Crippen molar-refractivity contribution < 1.29 is 9.32 Å². The molecule has 8 heteroatoms. The number of aromatic nitrogens is 4. The summed E-state index contributed by atoms with van der Waals surface area (Å²) in [6, 6.07) is 7.20. The second-order valence-electron chi connectivity index (χ2n) is 6.94. The van der Waals surface area contributed by atoms with Crippen LogP contribution in [-0.4, -0.2) is 37.5 Å². The van der Waals surface area contributed by atoms with Gasteiger partial charge in [0.05, 0.1) is 18.6 Å². The Morgan fingerprint density at radius 3 is 2.81 bits per heavy atom. The van der Waals surface area contributed by atoms with Crippen molar-refractivity contribution in [1.29, 1.82) is 0 Å². The molecule has 5 rings (SSSR count). The van der Waals surface area contributed by atoms with Crippen LogP contribution in [0.15, 0.2) is 39.9 Å². The molecular formula is C19H17N5O3. The number of carbonyl (C=O) groups is 1. The lowest BCUT2D eigenvalue weighted by atomic mass is 10.0. The van der Waals surface area contributed by atoms with Gasteiger partial charge in [0.15, 0.2) is 0 Å². The Bertz CT molecular complexity index is 1070. The molecule has 8 nitrogen and oxygen atoms in total. The molecule has 1 amide bonds. The van der Waals surface area contributed by atoms with Crippen molar-refractivity contribution in [2.45, 2.75) is 31.7 Å². The summed E-state index contributed by atoms with van der Waals surface area (Å²) in [4.78, 5) is 37.5. The summed E-state index contributed by atoms with van der Waals surface area (Å²) in [5.41, 5.74) is 2.61. The Morgan fingerprint density at radius 2 is 2.04 bits per heavy atom. The van der Waals surface area contributed by atoms with Crippen LogP contribution in [0.4, 0.5) is 0 Å². The monoisotopic (exact) mass is 363 g/mol. The number of benzene rings is 1. The molecule has 2 aliphatic rings. The zero-order valence-corrected chi connectivity index (χ0v) is 14.5. The van der Waals surface area contributed by atoms with E-state index in [-0.39, 0.29) is 11.5 Å². The summed E-state index contributed by atoms with van der Waals surface area (Å²) in [6.07, 6.45) is 4.10. The molecule has 1 aliphatic carbocycles. The highest BCUT2D eigenvalue weighted by Gasteiger charge is 2.30. The summed E-state index contributed by atoms with van der Waals surface area (Å²) in [6.45, 7) is 0.841. The smallest absolute Gasteiger partial charge is 0.254 e. The maximum atomic E-state index is 12.8. The summed E-state index contributed by atoms with van der Waals surface area (Å²) < 4.78 is 5.29. The number of rotatable bonds is 3. The number of fused-ring (bicyclic) bond motifs is 1. The van der Waals surface area contributed by atoms with Gasteiger partial charge in [-0.05, 0) is 31.4 Å². The van der Waals surface area contributed by atoms with Gasteiger partial charge in [-0.25, -0.2) is 4.98 Å². The molecule has 0 atom stereocenters. The van der Waals surface area contributed by atoms with Crippen molar-refractivity contribution >= 4 is 5.91 Å². The van der Waals surface area contributed by atoms with Crippen LogP contribution in [-0.2, 0) is 13.0 Å². The standard InChI is InChI=1S/C19H17N5O3/c25-17-14-7-8-24(9-15(14)20-10-21-17)19(26)13-5-1-11(2-6-13)16-22-18(27-23-16)12-3-4-12/h1-2,5-6,10,12H,3-4,7-9H2,(H,20,21,25). The molecule has 2 aromatic heterocycles. The fraction of sp³-hybridized carbons (Fsp3) is 0.316. The number of nitrogens with zero attached hydrogens (tertiary/aromatic N) is 4. The van der Waals surface area contributed by atoms with E-state index in [0.717, 1.165) is 18.4 Å². The summed E-state index contributed by atoms with van der Waals surface area (Å²) in [5, 5.41) is 4.02. The van der Waals surface area contributed by atoms with Crippen LogP contribution in [0, 0.1) is 0 Å². The maximum absolute atomic E-state index is 12.8. The fourth-order valence-corrected chi connectivity index (χ4v) is 3.33. The van der Waals surface area contributed by atoms with E-state index in [4.69, 9.17) is 4.52 Å². The molecule has 27 heavy (non-hydrogen) atoms. The zero-order chi connectivity index (χ0) is 18.4. The van der Waals surface area contributed by atoms with E-state index >= 15 is 0 Å². The van der Waals surface area contributed by atoms with Crippen LogP contribution in [0.1, 0.15) is 46.3 Å². The van der Waals surface area contributed by atoms with Crippen LogP contribution >= 0.6 is 0 Å². The number of aromatic amines is 1. The van der Waals surface area contributed by atoms with Gasteiger partial charge in [-0.3, -0.25) is 9.59 Å². The lowest BCUT2D eigenvalue weighted by Crippen LogP contribution is -2.38. The fourth-order valence-electron chi connectivity index (χ4n) is 3.33. The third-order valence-corrected chi connectivity index (χ3v) is 5.06. The molecule has 3 heterocycles. The minimum Gasteiger partial charge on any atom is -0.339 e. The van der Waals surface area contributed by atoms with E-state index in [1.165, 1.54) is 6.33 Å². The molecular weight excluding hydrogens is 346 g/mol. The van der Waals surface area contributed by atoms with Gasteiger partial charge in [-0.15, -0.1) is 0 Å². The molecule has 0 saturated heterocycles. The molecule has 0 unspecified atom stereocenters. The van der Waals surface area contributed by atoms with Gasteiger partial charge < -0.3 is 14.4 Å². The van der Waals surface area contributed by atoms with Crippen molar-refractivity contribution in [1.82, 2.24) is 25.0 Å². The second kappa shape index (κ2) is 6.15. The number of hydrogen-bond acceptors (Lipinski definition) is 6. The maximum Gasteiger partial charge on any atom is 0.254 e. The molecule has 136 valence electrons. The summed E-state index contributed by atoms with van der Waals surface area (Å²) in [5.74, 6) is 1.57. The first-order valence-corrected chi connectivity index (χ1v) is 8.98. The summed E-state index contributed by atoms with van der Waals surface area (Å²) in [7, 11) is 0. The third-order valence-electron chi connectivity index (χ3n) is 5.06. The van der Waals surface area contributed by atoms with Crippen LogP contribution in [0.3, 0.4) is 0 Å². The topological polar surface area (TPSA) is 105 Å². The first-order chi connectivity index (χ1) is 13.2. The molecule has 0 radical (unpaired) electrons. The van der Waals surface area contributed by atoms with Gasteiger partial charge in [0.2, 0.25) is 11.7 Å². The molecule has 0 bridgehead atoms. The molecule has 1 saturated carbocycles. The van der Waals surface area contributed by atoms with Crippen LogP contribution in [0.25, 0.3) is 11.4 Å². The van der Waals surface area contributed by atoms with Crippen LogP contribution < -0.4 is 5.56 Å². The number of H-pyrrole nitrogens is 1. The number of amides is 1. The van der Waals surface area contributed by atoms with Crippen molar-refractivity contribution in [2.75, 3.05) is 6.54 Å². The Hall–Kier alpha value is -3.29. The SMILES string of the molecule is O=C(c1ccc(-c2noc(C3CC3)n2)cc1)N1CCc2c(nc[nH]c2=O)C1. The van der Waals surface area contributed by atoms with Crippen molar-refractivity contribution in [2.24, 2.45) is 0 Å². The number of nitrogens with one attached hydrogen (secondary N) is 1. The largest absolute Gasteiger partial charge is 0.339 e. The number of carbonyl (C=O) groups excluding carboxylic acids is 1. The van der Waals surface area contributed by atoms with Gasteiger partial charge in [-0.1, -0.05) is 17.3 Å². The van der Waals surface area contributed by atoms with Gasteiger partial charge in [0.1, 0.15) is 0 Å². The van der Waals surface area contributed by atoms with E-state index in [1.807, 2.05) is 12.1 Å². The highest BCUT2D eigenvalue weighted by molar-refractivity contribution is 5.94. The first-order valence-electron chi connectivity index (χ1n) is 8.98. The molecule has 1 aromatic carbocycles. The predicted octanol–water partition coefficient (Wildman–Crippen LogP) is 1.90. The van der Waals surface area contributed by atoms with E-state index in [1.54, 1.807) is 17.0 Å². The lowest BCUT2D eigenvalue weighted by molar-refractivity contribution is 0.0731. The Morgan fingerprint density at radius 1 is 1.22 bits per heavy atom. The van der Waals surface area contributed by atoms with Crippen molar-refractivity contribution in [3.05, 3.63) is 63.7 Å². The molecule has 0 spiro atoms. The van der Waals surface area contributed by atoms with Crippen LogP contribution in [0.2, 0.25) is 0 Å². The highest BCUT2D eigenvalue weighted by Crippen LogP contribution is 2.39. The Labute approximate surface area is 154 Å². The van der Waals surface area contributed by atoms with Gasteiger partial charge in [-0.2, -0.15) is 4.98 Å².